The van der Waals surface area contributed by atoms with Gasteiger partial charge in [-0.25, -0.2) is 9.97 Å². The third kappa shape index (κ3) is 3.52. The molecule has 0 saturated heterocycles. The lowest BCUT2D eigenvalue weighted by Crippen LogP contribution is -2.51. The van der Waals surface area contributed by atoms with Crippen molar-refractivity contribution < 1.29 is 19.1 Å². The Morgan fingerprint density at radius 2 is 1.77 bits per heavy atom. The number of hydrogen-bond donors (Lipinski definition) is 1. The van der Waals surface area contributed by atoms with Crippen LogP contribution in [0.2, 0.25) is 10.0 Å². The molecule has 0 radical (unpaired) electrons. The minimum absolute atomic E-state index is 0.117. The fraction of sp³-hybridized carbons (Fsp3) is 0.250. The zero-order valence-electron chi connectivity index (χ0n) is 22.2. The fourth-order valence-corrected chi connectivity index (χ4v) is 6.08. The maximum Gasteiger partial charge on any atom is 0.319 e. The number of aromatic nitrogens is 4. The van der Waals surface area contributed by atoms with E-state index in [2.05, 4.69) is 15.3 Å². The van der Waals surface area contributed by atoms with Crippen molar-refractivity contribution in [3.05, 3.63) is 75.2 Å². The maximum absolute atomic E-state index is 14.4. The van der Waals surface area contributed by atoms with Gasteiger partial charge in [0.05, 0.1) is 25.5 Å². The summed E-state index contributed by atoms with van der Waals surface area (Å²) >= 11 is 12.8. The van der Waals surface area contributed by atoms with E-state index in [0.717, 1.165) is 5.56 Å². The van der Waals surface area contributed by atoms with Crippen LogP contribution in [0.5, 0.6) is 11.9 Å². The van der Waals surface area contributed by atoms with Crippen molar-refractivity contribution in [2.24, 2.45) is 0 Å². The summed E-state index contributed by atoms with van der Waals surface area (Å²) in [6, 6.07) is 10.3. The van der Waals surface area contributed by atoms with Gasteiger partial charge in [0.2, 0.25) is 5.88 Å². The number of ether oxygens (including phenoxy) is 2. The summed E-state index contributed by atoms with van der Waals surface area (Å²) in [6.45, 7) is 5.77. The van der Waals surface area contributed by atoms with Gasteiger partial charge in [-0.3, -0.25) is 14.5 Å². The van der Waals surface area contributed by atoms with Crippen molar-refractivity contribution in [3.63, 3.8) is 0 Å². The highest BCUT2D eigenvalue weighted by Gasteiger charge is 2.64. The van der Waals surface area contributed by atoms with Gasteiger partial charge < -0.3 is 19.4 Å². The summed E-state index contributed by atoms with van der Waals surface area (Å²) in [7, 11) is 2.93. The Kier molecular flexibility index (Phi) is 6.01. The standard InChI is InChI=1S/C28H24Cl2N6O4/c1-13(2)35-22-21(33-23(35)18-12-31-27(40-5)34-24(18)39-4)25(37)36(17-9-14(3)8-16(30)10-17)28(22)19-7-6-15(29)11-20(19)32-26(28)38/h6-13H,1-5H3,(H,32,38)/t28-/m0/s1. The topological polar surface area (TPSA) is 111 Å². The first kappa shape index (κ1) is 26.1. The number of hydrogen-bond acceptors (Lipinski definition) is 7. The van der Waals surface area contributed by atoms with Crippen LogP contribution in [-0.2, 0) is 10.3 Å². The largest absolute Gasteiger partial charge is 0.480 e. The number of halogens is 2. The number of nitrogens with one attached hydrogen (secondary N) is 1. The smallest absolute Gasteiger partial charge is 0.319 e. The molecule has 2 aromatic carbocycles. The van der Waals surface area contributed by atoms with Gasteiger partial charge in [0, 0.05) is 39.2 Å². The van der Waals surface area contributed by atoms with E-state index in [9.17, 15) is 9.59 Å². The molecule has 4 aromatic rings. The van der Waals surface area contributed by atoms with Crippen LogP contribution in [0.25, 0.3) is 11.4 Å². The highest BCUT2D eigenvalue weighted by atomic mass is 35.5. The van der Waals surface area contributed by atoms with E-state index in [-0.39, 0.29) is 23.6 Å². The number of anilines is 2. The van der Waals surface area contributed by atoms with Crippen molar-refractivity contribution in [1.29, 1.82) is 0 Å². The summed E-state index contributed by atoms with van der Waals surface area (Å²) in [5, 5.41) is 3.84. The van der Waals surface area contributed by atoms with E-state index in [0.29, 0.717) is 44.1 Å². The summed E-state index contributed by atoms with van der Waals surface area (Å²) in [5.41, 5.74) is 1.75. The second-order valence-corrected chi connectivity index (χ2v) is 10.7. The highest BCUT2D eigenvalue weighted by molar-refractivity contribution is 6.32. The molecule has 10 nitrogen and oxygen atoms in total. The van der Waals surface area contributed by atoms with Crippen LogP contribution in [0, 0.1) is 6.92 Å². The molecule has 204 valence electrons. The number of nitrogens with zero attached hydrogens (tertiary/aromatic N) is 5. The van der Waals surface area contributed by atoms with Gasteiger partial charge in [0.15, 0.2) is 11.2 Å². The number of rotatable bonds is 5. The molecule has 2 amide bonds. The lowest BCUT2D eigenvalue weighted by atomic mass is 9.87. The molecule has 2 aliphatic rings. The first-order chi connectivity index (χ1) is 19.1. The average Bonchev–Trinajstić information content (AvgIpc) is 3.51. The van der Waals surface area contributed by atoms with E-state index >= 15 is 0 Å². The second-order valence-electron chi connectivity index (χ2n) is 9.86. The molecule has 0 saturated carbocycles. The van der Waals surface area contributed by atoms with Crippen molar-refractivity contribution >= 4 is 46.4 Å². The van der Waals surface area contributed by atoms with Crippen LogP contribution < -0.4 is 19.7 Å². The molecule has 2 aromatic heterocycles. The zero-order chi connectivity index (χ0) is 28.5. The number of imidazole rings is 1. The van der Waals surface area contributed by atoms with E-state index in [1.165, 1.54) is 25.3 Å². The van der Waals surface area contributed by atoms with E-state index < -0.39 is 17.4 Å². The van der Waals surface area contributed by atoms with Crippen LogP contribution in [0.4, 0.5) is 11.4 Å². The van der Waals surface area contributed by atoms with Gasteiger partial charge in [0.25, 0.3) is 11.8 Å². The molecule has 12 heteroatoms. The predicted octanol–water partition coefficient (Wildman–Crippen LogP) is 5.41. The number of fused-ring (bicyclic) bond motifs is 4. The molecule has 0 bridgehead atoms. The Morgan fingerprint density at radius 1 is 1.00 bits per heavy atom. The van der Waals surface area contributed by atoms with Crippen LogP contribution in [-0.4, -0.2) is 45.6 Å². The second kappa shape index (κ2) is 9.21. The van der Waals surface area contributed by atoms with Crippen LogP contribution >= 0.6 is 23.2 Å². The number of amides is 2. The predicted molar refractivity (Wildman–Crippen MR) is 151 cm³/mol. The molecule has 6 rings (SSSR count). The van der Waals surface area contributed by atoms with Gasteiger partial charge in [0.1, 0.15) is 5.82 Å². The molecule has 1 N–H and O–H groups in total. The Bertz CT molecular complexity index is 1720. The molecule has 0 fully saturated rings. The van der Waals surface area contributed by atoms with Crippen LogP contribution in [0.3, 0.4) is 0 Å². The lowest BCUT2D eigenvalue weighted by Gasteiger charge is -2.36. The van der Waals surface area contributed by atoms with Crippen molar-refractivity contribution in [3.8, 4) is 23.3 Å². The molecule has 0 unspecified atom stereocenters. The number of methoxy groups -OCH3 is 2. The SMILES string of the molecule is COc1ncc(-c2nc3c(n2C(C)C)[C@@]2(C(=O)Nc4cc(Cl)ccc42)N(c2cc(C)cc(Cl)c2)C3=O)c(OC)n1. The van der Waals surface area contributed by atoms with Gasteiger partial charge >= 0.3 is 6.01 Å². The number of aryl methyl sites for hydroxylation is 1. The molecule has 1 spiro atoms. The van der Waals surface area contributed by atoms with Crippen molar-refractivity contribution in [2.45, 2.75) is 32.4 Å². The Balaban J connectivity index is 1.72. The van der Waals surface area contributed by atoms with Crippen LogP contribution in [0.1, 0.15) is 47.2 Å². The van der Waals surface area contributed by atoms with E-state index in [4.69, 9.17) is 37.7 Å². The average molecular weight is 579 g/mol. The minimum atomic E-state index is -1.60. The fourth-order valence-electron chi connectivity index (χ4n) is 5.63. The molecule has 0 aliphatic carbocycles. The van der Waals surface area contributed by atoms with Gasteiger partial charge in [-0.05, 0) is 56.7 Å². The zero-order valence-corrected chi connectivity index (χ0v) is 23.8. The maximum atomic E-state index is 14.4. The third-order valence-corrected chi connectivity index (χ3v) is 7.55. The number of carbonyl (C=O) groups excluding carboxylic acids is 2. The van der Waals surface area contributed by atoms with E-state index in [1.807, 2.05) is 31.4 Å². The molecule has 4 heterocycles. The summed E-state index contributed by atoms with van der Waals surface area (Å²) < 4.78 is 12.6. The van der Waals surface area contributed by atoms with Gasteiger partial charge in [-0.1, -0.05) is 29.3 Å². The highest BCUT2D eigenvalue weighted by Crippen LogP contribution is 2.54. The molecule has 1 atom stereocenters. The first-order valence-corrected chi connectivity index (χ1v) is 13.2. The summed E-state index contributed by atoms with van der Waals surface area (Å²) in [6.07, 6.45) is 1.53. The van der Waals surface area contributed by atoms with Crippen LogP contribution in [0.15, 0.2) is 42.6 Å². The molecule has 2 aliphatic heterocycles. The summed E-state index contributed by atoms with van der Waals surface area (Å²) in [4.78, 5) is 43.5. The quantitative estimate of drug-likeness (QED) is 0.337. The van der Waals surface area contributed by atoms with Gasteiger partial charge in [-0.2, -0.15) is 4.98 Å². The first-order valence-electron chi connectivity index (χ1n) is 12.4. The Morgan fingerprint density at radius 3 is 2.45 bits per heavy atom. The third-order valence-electron chi connectivity index (χ3n) is 7.09. The lowest BCUT2D eigenvalue weighted by molar-refractivity contribution is -0.119. The van der Waals surface area contributed by atoms with Crippen molar-refractivity contribution in [2.75, 3.05) is 24.4 Å². The Hall–Kier alpha value is -4.15. The molecular formula is C28H24Cl2N6O4. The molecule has 40 heavy (non-hydrogen) atoms. The number of benzene rings is 2. The van der Waals surface area contributed by atoms with Gasteiger partial charge in [-0.15, -0.1) is 0 Å². The van der Waals surface area contributed by atoms with Crippen molar-refractivity contribution in [1.82, 2.24) is 19.5 Å². The monoisotopic (exact) mass is 578 g/mol. The minimum Gasteiger partial charge on any atom is -0.480 e. The molecular weight excluding hydrogens is 555 g/mol. The normalized spacial score (nSPS) is 17.4. The summed E-state index contributed by atoms with van der Waals surface area (Å²) in [5.74, 6) is -0.280. The van der Waals surface area contributed by atoms with E-state index in [1.54, 1.807) is 30.3 Å². The number of carbonyl (C=O) groups is 2. The Labute approximate surface area is 239 Å².